The fourth-order valence-electron chi connectivity index (χ4n) is 3.08. The van der Waals surface area contributed by atoms with Crippen molar-refractivity contribution >= 4 is 15.9 Å². The monoisotopic (exact) mass is 390 g/mol. The molecule has 0 fully saturated rings. The maximum Gasteiger partial charge on any atom is 0.243 e. The van der Waals surface area contributed by atoms with Crippen LogP contribution >= 0.6 is 0 Å². The number of nitrogens with one attached hydrogen (secondary N) is 1. The molecule has 0 spiro atoms. The van der Waals surface area contributed by atoms with Gasteiger partial charge < -0.3 is 14.7 Å². The molecule has 1 aliphatic heterocycles. The summed E-state index contributed by atoms with van der Waals surface area (Å²) in [4.78, 5) is 14.3. The van der Waals surface area contributed by atoms with Crippen LogP contribution in [0.2, 0.25) is 0 Å². The normalized spacial score (nSPS) is 15.1. The van der Waals surface area contributed by atoms with Crippen LogP contribution in [0.25, 0.3) is 0 Å². The number of hydrogen-bond acceptors (Lipinski definition) is 5. The standard InChI is InChI=1S/C19H22N2O5S/c1-26-16-6-8-17(9-7-16)27(24,25)20-18(13-22)19(23)21-11-10-14-4-2-3-5-15(14)12-21/h2-9,18,20,22H,10-13H2,1H3. The van der Waals surface area contributed by atoms with Gasteiger partial charge in [0.15, 0.2) is 0 Å². The number of nitrogens with zero attached hydrogens (tertiary/aromatic N) is 1. The highest BCUT2D eigenvalue weighted by Gasteiger charge is 2.30. The van der Waals surface area contributed by atoms with Gasteiger partial charge in [-0.3, -0.25) is 4.79 Å². The van der Waals surface area contributed by atoms with E-state index in [1.165, 1.54) is 36.9 Å². The lowest BCUT2D eigenvalue weighted by atomic mass is 9.99. The van der Waals surface area contributed by atoms with E-state index in [0.29, 0.717) is 25.3 Å². The molecule has 2 aromatic rings. The molecule has 0 aromatic heterocycles. The Morgan fingerprint density at radius 1 is 1.19 bits per heavy atom. The van der Waals surface area contributed by atoms with Gasteiger partial charge in [0.2, 0.25) is 15.9 Å². The van der Waals surface area contributed by atoms with Crippen LogP contribution in [-0.4, -0.2) is 50.6 Å². The number of hydrogen-bond donors (Lipinski definition) is 2. The quantitative estimate of drug-likeness (QED) is 0.765. The van der Waals surface area contributed by atoms with Gasteiger partial charge in [-0.25, -0.2) is 8.42 Å². The average Bonchev–Trinajstić information content (AvgIpc) is 2.71. The van der Waals surface area contributed by atoms with Gasteiger partial charge in [0.1, 0.15) is 11.8 Å². The van der Waals surface area contributed by atoms with Crippen molar-refractivity contribution in [2.45, 2.75) is 23.9 Å². The molecule has 1 heterocycles. The van der Waals surface area contributed by atoms with Crippen LogP contribution in [0, 0.1) is 0 Å². The molecule has 7 nitrogen and oxygen atoms in total. The van der Waals surface area contributed by atoms with Crippen LogP contribution in [0.5, 0.6) is 5.75 Å². The third-order valence-electron chi connectivity index (χ3n) is 4.59. The highest BCUT2D eigenvalue weighted by Crippen LogP contribution is 2.20. The molecule has 0 bridgehead atoms. The lowest BCUT2D eigenvalue weighted by Gasteiger charge is -2.31. The van der Waals surface area contributed by atoms with Crippen molar-refractivity contribution in [2.24, 2.45) is 0 Å². The van der Waals surface area contributed by atoms with Gasteiger partial charge in [0, 0.05) is 13.1 Å². The minimum absolute atomic E-state index is 0.00135. The van der Waals surface area contributed by atoms with E-state index in [1.807, 2.05) is 24.3 Å². The molecular weight excluding hydrogens is 368 g/mol. The SMILES string of the molecule is COc1ccc(S(=O)(=O)NC(CO)C(=O)N2CCc3ccccc3C2)cc1. The second-order valence-electron chi connectivity index (χ2n) is 6.31. The molecule has 2 N–H and O–H groups in total. The van der Waals surface area contributed by atoms with Crippen LogP contribution < -0.4 is 9.46 Å². The largest absolute Gasteiger partial charge is 0.497 e. The van der Waals surface area contributed by atoms with Gasteiger partial charge in [-0.1, -0.05) is 24.3 Å². The number of sulfonamides is 1. The topological polar surface area (TPSA) is 95.9 Å². The molecule has 144 valence electrons. The number of carbonyl (C=O) groups is 1. The van der Waals surface area contributed by atoms with E-state index in [4.69, 9.17) is 4.74 Å². The maximum atomic E-state index is 12.8. The Hall–Kier alpha value is -2.42. The summed E-state index contributed by atoms with van der Waals surface area (Å²) in [5.74, 6) is 0.0832. The highest BCUT2D eigenvalue weighted by molar-refractivity contribution is 7.89. The number of amides is 1. The molecule has 1 aliphatic rings. The first kappa shape index (κ1) is 19.3. The first-order valence-corrected chi connectivity index (χ1v) is 10.1. The Bertz CT molecular complexity index is 912. The number of aliphatic hydroxyl groups excluding tert-OH is 1. The number of rotatable bonds is 6. The zero-order valence-corrected chi connectivity index (χ0v) is 15.8. The third-order valence-corrected chi connectivity index (χ3v) is 6.08. The second kappa shape index (κ2) is 8.08. The zero-order chi connectivity index (χ0) is 19.4. The summed E-state index contributed by atoms with van der Waals surface area (Å²) >= 11 is 0. The number of benzene rings is 2. The smallest absolute Gasteiger partial charge is 0.243 e. The Labute approximate surface area is 158 Å². The van der Waals surface area contributed by atoms with E-state index in [1.54, 1.807) is 4.90 Å². The number of aliphatic hydroxyl groups is 1. The Kier molecular flexibility index (Phi) is 5.79. The van der Waals surface area contributed by atoms with E-state index < -0.39 is 28.6 Å². The van der Waals surface area contributed by atoms with Crippen LogP contribution in [0.1, 0.15) is 11.1 Å². The summed E-state index contributed by atoms with van der Waals surface area (Å²) in [6.45, 7) is 0.263. The van der Waals surface area contributed by atoms with Gasteiger partial charge in [0.25, 0.3) is 0 Å². The van der Waals surface area contributed by atoms with Crippen molar-refractivity contribution in [3.05, 3.63) is 59.7 Å². The molecule has 1 atom stereocenters. The molecule has 0 aliphatic carbocycles. The Balaban J connectivity index is 1.73. The first-order valence-electron chi connectivity index (χ1n) is 8.57. The van der Waals surface area contributed by atoms with Gasteiger partial charge in [-0.2, -0.15) is 4.72 Å². The van der Waals surface area contributed by atoms with Crippen molar-refractivity contribution in [3.63, 3.8) is 0 Å². The first-order chi connectivity index (χ1) is 12.9. The Morgan fingerprint density at radius 3 is 2.48 bits per heavy atom. The zero-order valence-electron chi connectivity index (χ0n) is 15.0. The number of fused-ring (bicyclic) bond motifs is 1. The third kappa shape index (κ3) is 4.29. The summed E-state index contributed by atoms with van der Waals surface area (Å²) in [6, 6.07) is 12.4. The van der Waals surface area contributed by atoms with Crippen molar-refractivity contribution in [3.8, 4) is 5.75 Å². The van der Waals surface area contributed by atoms with Crippen LogP contribution in [-0.2, 0) is 27.8 Å². The average molecular weight is 390 g/mol. The van der Waals surface area contributed by atoms with E-state index >= 15 is 0 Å². The molecule has 1 amide bonds. The summed E-state index contributed by atoms with van der Waals surface area (Å²) in [6.07, 6.45) is 0.700. The fourth-order valence-corrected chi connectivity index (χ4v) is 4.26. The van der Waals surface area contributed by atoms with Crippen LogP contribution in [0.3, 0.4) is 0 Å². The van der Waals surface area contributed by atoms with Gasteiger partial charge >= 0.3 is 0 Å². The highest BCUT2D eigenvalue weighted by atomic mass is 32.2. The van der Waals surface area contributed by atoms with Gasteiger partial charge in [-0.15, -0.1) is 0 Å². The van der Waals surface area contributed by atoms with Crippen LogP contribution in [0.4, 0.5) is 0 Å². The lowest BCUT2D eigenvalue weighted by Crippen LogP contribution is -2.51. The van der Waals surface area contributed by atoms with Gasteiger partial charge in [0.05, 0.1) is 18.6 Å². The van der Waals surface area contributed by atoms with Crippen LogP contribution in [0.15, 0.2) is 53.4 Å². The summed E-state index contributed by atoms with van der Waals surface area (Å²) in [7, 11) is -2.47. The number of methoxy groups -OCH3 is 1. The van der Waals surface area contributed by atoms with E-state index in [-0.39, 0.29) is 4.90 Å². The van der Waals surface area contributed by atoms with Gasteiger partial charge in [-0.05, 0) is 41.8 Å². The minimum Gasteiger partial charge on any atom is -0.497 e. The molecule has 1 unspecified atom stereocenters. The van der Waals surface area contributed by atoms with Crippen molar-refractivity contribution in [2.75, 3.05) is 20.3 Å². The number of carbonyl (C=O) groups excluding carboxylic acids is 1. The van der Waals surface area contributed by atoms with E-state index in [9.17, 15) is 18.3 Å². The molecule has 3 rings (SSSR count). The second-order valence-corrected chi connectivity index (χ2v) is 8.02. The van der Waals surface area contributed by atoms with Crippen molar-refractivity contribution in [1.82, 2.24) is 9.62 Å². The predicted molar refractivity (Wildman–Crippen MR) is 99.8 cm³/mol. The molecular formula is C19H22N2O5S. The summed E-state index contributed by atoms with van der Waals surface area (Å²) in [5.41, 5.74) is 2.22. The maximum absolute atomic E-state index is 12.8. The molecule has 0 radical (unpaired) electrons. The molecule has 0 saturated heterocycles. The van der Waals surface area contributed by atoms with E-state index in [2.05, 4.69) is 4.72 Å². The van der Waals surface area contributed by atoms with E-state index in [0.717, 1.165) is 5.56 Å². The minimum atomic E-state index is -3.95. The number of ether oxygens (including phenoxy) is 1. The fraction of sp³-hybridized carbons (Fsp3) is 0.316. The van der Waals surface area contributed by atoms with Crippen molar-refractivity contribution < 1.29 is 23.1 Å². The molecule has 8 heteroatoms. The lowest BCUT2D eigenvalue weighted by molar-refractivity contribution is -0.134. The molecule has 0 saturated carbocycles. The summed E-state index contributed by atoms with van der Waals surface area (Å²) < 4.78 is 32.4. The molecule has 2 aromatic carbocycles. The predicted octanol–water partition coefficient (Wildman–Crippen LogP) is 0.919. The van der Waals surface area contributed by atoms with Crippen molar-refractivity contribution in [1.29, 1.82) is 0 Å². The summed E-state index contributed by atoms with van der Waals surface area (Å²) in [5, 5.41) is 9.62. The Morgan fingerprint density at radius 2 is 1.85 bits per heavy atom. The molecule has 27 heavy (non-hydrogen) atoms.